The molecular weight excluding hydrogens is 214 g/mol. The van der Waals surface area contributed by atoms with Crippen molar-refractivity contribution >= 4 is 5.97 Å². The number of nitrogens with zero attached hydrogens (tertiary/aromatic N) is 1. The Bertz CT molecular complexity index is 436. The molecule has 17 heavy (non-hydrogen) atoms. The molecule has 1 saturated heterocycles. The maximum atomic E-state index is 10.8. The minimum absolute atomic E-state index is 0.177. The van der Waals surface area contributed by atoms with Crippen LogP contribution in [0, 0.1) is 19.8 Å². The fourth-order valence-electron chi connectivity index (χ4n) is 2.22. The molecule has 1 aliphatic heterocycles. The molecule has 3 heteroatoms. The van der Waals surface area contributed by atoms with Crippen LogP contribution in [0.15, 0.2) is 18.2 Å². The molecule has 1 aromatic rings. The lowest BCUT2D eigenvalue weighted by atomic mass is 9.94. The van der Waals surface area contributed by atoms with E-state index < -0.39 is 5.97 Å². The quantitative estimate of drug-likeness (QED) is 0.871. The molecule has 1 aromatic carbocycles. The Morgan fingerprint density at radius 3 is 2.53 bits per heavy atom. The largest absolute Gasteiger partial charge is 0.481 e. The lowest BCUT2D eigenvalue weighted by Crippen LogP contribution is -2.51. The predicted molar refractivity (Wildman–Crippen MR) is 67.0 cm³/mol. The van der Waals surface area contributed by atoms with E-state index in [1.165, 1.54) is 16.7 Å². The van der Waals surface area contributed by atoms with Crippen molar-refractivity contribution in [1.29, 1.82) is 0 Å². The maximum absolute atomic E-state index is 10.8. The molecule has 1 aliphatic rings. The minimum atomic E-state index is -0.673. The number of rotatable bonds is 3. The summed E-state index contributed by atoms with van der Waals surface area (Å²) in [5.74, 6) is -0.850. The molecule has 0 saturated carbocycles. The van der Waals surface area contributed by atoms with Gasteiger partial charge in [0.05, 0.1) is 5.92 Å². The fraction of sp³-hybridized carbons (Fsp3) is 0.500. The second-order valence-corrected chi connectivity index (χ2v) is 5.01. The summed E-state index contributed by atoms with van der Waals surface area (Å²) in [5, 5.41) is 8.86. The van der Waals surface area contributed by atoms with Crippen LogP contribution in [-0.2, 0) is 4.79 Å². The third-order valence-electron chi connectivity index (χ3n) is 3.82. The number of aryl methyl sites for hydroxylation is 2. The summed E-state index contributed by atoms with van der Waals surface area (Å²) >= 11 is 0. The molecule has 1 fully saturated rings. The van der Waals surface area contributed by atoms with Gasteiger partial charge < -0.3 is 5.11 Å². The van der Waals surface area contributed by atoms with Gasteiger partial charge in [0.25, 0.3) is 0 Å². The van der Waals surface area contributed by atoms with E-state index in [0.717, 1.165) is 0 Å². The summed E-state index contributed by atoms with van der Waals surface area (Å²) in [6.07, 6.45) is 0. The van der Waals surface area contributed by atoms with E-state index in [-0.39, 0.29) is 5.92 Å². The molecule has 1 atom stereocenters. The van der Waals surface area contributed by atoms with Gasteiger partial charge in [-0.3, -0.25) is 9.69 Å². The van der Waals surface area contributed by atoms with Crippen molar-refractivity contribution in [2.24, 2.45) is 5.92 Å². The van der Waals surface area contributed by atoms with E-state index in [2.05, 4.69) is 43.9 Å². The smallest absolute Gasteiger partial charge is 0.309 e. The lowest BCUT2D eigenvalue weighted by molar-refractivity contribution is -0.148. The Kier molecular flexibility index (Phi) is 3.20. The van der Waals surface area contributed by atoms with E-state index in [0.29, 0.717) is 19.1 Å². The molecule has 1 N–H and O–H groups in total. The first-order valence-electron chi connectivity index (χ1n) is 6.03. The Morgan fingerprint density at radius 1 is 1.35 bits per heavy atom. The summed E-state index contributed by atoms with van der Waals surface area (Å²) in [6, 6.07) is 6.79. The van der Waals surface area contributed by atoms with Gasteiger partial charge in [-0.15, -0.1) is 0 Å². The number of hydrogen-bond acceptors (Lipinski definition) is 2. The highest BCUT2D eigenvalue weighted by Gasteiger charge is 2.35. The first-order chi connectivity index (χ1) is 7.99. The third-order valence-corrected chi connectivity index (χ3v) is 3.82. The Morgan fingerprint density at radius 2 is 2.00 bits per heavy atom. The number of carboxylic acids is 1. The van der Waals surface area contributed by atoms with Gasteiger partial charge in [-0.05, 0) is 37.5 Å². The van der Waals surface area contributed by atoms with Crippen LogP contribution in [0.4, 0.5) is 0 Å². The van der Waals surface area contributed by atoms with Crippen LogP contribution in [0.3, 0.4) is 0 Å². The van der Waals surface area contributed by atoms with Crippen molar-refractivity contribution in [2.75, 3.05) is 13.1 Å². The van der Waals surface area contributed by atoms with Gasteiger partial charge in [-0.1, -0.05) is 18.2 Å². The second-order valence-electron chi connectivity index (χ2n) is 5.01. The van der Waals surface area contributed by atoms with Gasteiger partial charge in [0.2, 0.25) is 0 Å². The molecule has 92 valence electrons. The number of benzene rings is 1. The molecular formula is C14H19NO2. The van der Waals surface area contributed by atoms with Crippen LogP contribution in [-0.4, -0.2) is 29.1 Å². The predicted octanol–water partition coefficient (Wildman–Crippen LogP) is 2.38. The van der Waals surface area contributed by atoms with Crippen molar-refractivity contribution in [3.63, 3.8) is 0 Å². The van der Waals surface area contributed by atoms with Crippen molar-refractivity contribution in [3.05, 3.63) is 34.9 Å². The van der Waals surface area contributed by atoms with Gasteiger partial charge >= 0.3 is 5.97 Å². The average molecular weight is 233 g/mol. The van der Waals surface area contributed by atoms with Crippen LogP contribution in [0.5, 0.6) is 0 Å². The minimum Gasteiger partial charge on any atom is -0.481 e. The standard InChI is InChI=1S/C14H19NO2/c1-9-4-5-12(6-10(9)2)11(3)15-7-13(8-15)14(16)17/h4-6,11,13H,7-8H2,1-3H3,(H,16,17). The summed E-state index contributed by atoms with van der Waals surface area (Å²) in [5.41, 5.74) is 3.87. The van der Waals surface area contributed by atoms with E-state index in [1.54, 1.807) is 0 Å². The number of carbonyl (C=O) groups is 1. The topological polar surface area (TPSA) is 40.5 Å². The molecule has 0 aliphatic carbocycles. The zero-order valence-corrected chi connectivity index (χ0v) is 10.6. The van der Waals surface area contributed by atoms with Gasteiger partial charge in [0.1, 0.15) is 0 Å². The first kappa shape index (κ1) is 12.1. The first-order valence-corrected chi connectivity index (χ1v) is 6.03. The van der Waals surface area contributed by atoms with Crippen LogP contribution in [0.2, 0.25) is 0 Å². The van der Waals surface area contributed by atoms with Gasteiger partial charge in [-0.25, -0.2) is 0 Å². The summed E-state index contributed by atoms with van der Waals surface area (Å²) in [7, 11) is 0. The lowest BCUT2D eigenvalue weighted by Gasteiger charge is -2.41. The van der Waals surface area contributed by atoms with Crippen molar-refractivity contribution in [3.8, 4) is 0 Å². The van der Waals surface area contributed by atoms with Crippen molar-refractivity contribution in [2.45, 2.75) is 26.8 Å². The Labute approximate surface area is 102 Å². The molecule has 0 aromatic heterocycles. The molecule has 0 spiro atoms. The van der Waals surface area contributed by atoms with E-state index in [9.17, 15) is 4.79 Å². The molecule has 1 unspecified atom stereocenters. The van der Waals surface area contributed by atoms with Crippen LogP contribution in [0.25, 0.3) is 0 Å². The van der Waals surface area contributed by atoms with E-state index >= 15 is 0 Å². The van der Waals surface area contributed by atoms with Crippen LogP contribution in [0.1, 0.15) is 29.7 Å². The van der Waals surface area contributed by atoms with Gasteiger partial charge in [0.15, 0.2) is 0 Å². The summed E-state index contributed by atoms with van der Waals surface area (Å²) in [4.78, 5) is 13.0. The van der Waals surface area contributed by atoms with E-state index in [1.807, 2.05) is 0 Å². The zero-order valence-electron chi connectivity index (χ0n) is 10.6. The van der Waals surface area contributed by atoms with Crippen molar-refractivity contribution in [1.82, 2.24) is 4.90 Å². The third kappa shape index (κ3) is 2.34. The highest BCUT2D eigenvalue weighted by atomic mass is 16.4. The average Bonchev–Trinajstić information content (AvgIpc) is 2.19. The van der Waals surface area contributed by atoms with Gasteiger partial charge in [0, 0.05) is 19.1 Å². The normalized spacial score (nSPS) is 18.8. The SMILES string of the molecule is Cc1ccc(C(C)N2CC(C(=O)O)C2)cc1C. The van der Waals surface area contributed by atoms with Crippen LogP contribution < -0.4 is 0 Å². The monoisotopic (exact) mass is 233 g/mol. The van der Waals surface area contributed by atoms with E-state index in [4.69, 9.17) is 5.11 Å². The summed E-state index contributed by atoms with van der Waals surface area (Å²) in [6.45, 7) is 7.70. The number of aliphatic carboxylic acids is 1. The van der Waals surface area contributed by atoms with Gasteiger partial charge in [-0.2, -0.15) is 0 Å². The molecule has 1 heterocycles. The number of carboxylic acid groups (broad SMARTS) is 1. The Hall–Kier alpha value is -1.35. The molecule has 0 radical (unpaired) electrons. The zero-order chi connectivity index (χ0) is 12.6. The van der Waals surface area contributed by atoms with Crippen molar-refractivity contribution < 1.29 is 9.90 Å². The molecule has 3 nitrogen and oxygen atoms in total. The number of likely N-dealkylation sites (tertiary alicyclic amines) is 1. The maximum Gasteiger partial charge on any atom is 0.309 e. The number of hydrogen-bond donors (Lipinski definition) is 1. The fourth-order valence-corrected chi connectivity index (χ4v) is 2.22. The second kappa shape index (κ2) is 4.49. The summed E-state index contributed by atoms with van der Waals surface area (Å²) < 4.78 is 0. The highest BCUT2D eigenvalue weighted by molar-refractivity contribution is 5.71. The highest BCUT2D eigenvalue weighted by Crippen LogP contribution is 2.29. The Balaban J connectivity index is 2.03. The molecule has 2 rings (SSSR count). The molecule has 0 bridgehead atoms. The molecule has 0 amide bonds. The van der Waals surface area contributed by atoms with Crippen LogP contribution >= 0.6 is 0 Å².